The molecule has 0 spiro atoms. The first-order chi connectivity index (χ1) is 8.52. The van der Waals surface area contributed by atoms with Gasteiger partial charge in [0.2, 0.25) is 11.7 Å². The number of rotatable bonds is 3. The van der Waals surface area contributed by atoms with Gasteiger partial charge in [0.15, 0.2) is 0 Å². The number of carbonyl (C=O) groups excluding carboxylic acids is 1. The fourth-order valence-corrected chi connectivity index (χ4v) is 2.01. The van der Waals surface area contributed by atoms with Crippen molar-refractivity contribution in [2.45, 2.75) is 6.42 Å². The van der Waals surface area contributed by atoms with Crippen molar-refractivity contribution in [3.8, 4) is 0 Å². The average molecular weight is 268 g/mol. The van der Waals surface area contributed by atoms with Gasteiger partial charge < -0.3 is 0 Å². The number of amides is 1. The lowest BCUT2D eigenvalue weighted by molar-refractivity contribution is -0.384. The number of hydrogen-bond donors (Lipinski definition) is 0. The number of nitrogens with zero attached hydrogens (tertiary/aromatic N) is 3. The number of hydrogen-bond acceptors (Lipinski definition) is 4. The molecular weight excluding hydrogens is 258 g/mol. The van der Waals surface area contributed by atoms with E-state index in [1.807, 2.05) is 0 Å². The maximum atomic E-state index is 11.8. The first-order valence-electron chi connectivity index (χ1n) is 5.25. The lowest BCUT2D eigenvalue weighted by atomic mass is 10.1. The van der Waals surface area contributed by atoms with Gasteiger partial charge in [-0.05, 0) is 0 Å². The molecule has 1 aliphatic rings. The Balaban J connectivity index is 2.42. The molecule has 1 amide bonds. The molecule has 0 bridgehead atoms. The van der Waals surface area contributed by atoms with E-state index < -0.39 is 4.92 Å². The van der Waals surface area contributed by atoms with E-state index in [0.29, 0.717) is 13.0 Å². The van der Waals surface area contributed by atoms with Crippen molar-refractivity contribution in [2.24, 2.45) is 5.92 Å². The fraction of sp³-hybridized carbons (Fsp3) is 0.273. The Morgan fingerprint density at radius 2 is 2.39 bits per heavy atom. The molecule has 18 heavy (non-hydrogen) atoms. The zero-order valence-corrected chi connectivity index (χ0v) is 10.1. The Morgan fingerprint density at radius 3 is 2.94 bits per heavy atom. The Bertz CT molecular complexity index is 532. The topological polar surface area (TPSA) is 76.3 Å². The first kappa shape index (κ1) is 12.5. The summed E-state index contributed by atoms with van der Waals surface area (Å²) in [7, 11) is 0. The number of halogens is 1. The Hall–Kier alpha value is -1.95. The van der Waals surface area contributed by atoms with Crippen LogP contribution in [0.1, 0.15) is 6.42 Å². The molecule has 2 rings (SSSR count). The van der Waals surface area contributed by atoms with E-state index in [1.165, 1.54) is 17.2 Å². The molecule has 1 fully saturated rings. The third kappa shape index (κ3) is 2.19. The van der Waals surface area contributed by atoms with Crippen LogP contribution in [0.25, 0.3) is 0 Å². The predicted octanol–water partition coefficient (Wildman–Crippen LogP) is 2.18. The molecule has 94 valence electrons. The molecule has 7 heteroatoms. The van der Waals surface area contributed by atoms with Gasteiger partial charge >= 0.3 is 5.69 Å². The van der Waals surface area contributed by atoms with E-state index in [0.717, 1.165) is 0 Å². The van der Waals surface area contributed by atoms with E-state index in [1.54, 1.807) is 6.08 Å². The zero-order valence-electron chi connectivity index (χ0n) is 9.38. The zero-order chi connectivity index (χ0) is 13.3. The molecule has 1 saturated heterocycles. The molecule has 1 aliphatic heterocycles. The molecule has 0 saturated carbocycles. The maximum absolute atomic E-state index is 11.8. The Morgan fingerprint density at radius 1 is 1.67 bits per heavy atom. The van der Waals surface area contributed by atoms with Crippen molar-refractivity contribution < 1.29 is 9.72 Å². The van der Waals surface area contributed by atoms with Crippen LogP contribution in [-0.2, 0) is 4.79 Å². The second kappa shape index (κ2) is 4.73. The third-order valence-corrected chi connectivity index (χ3v) is 2.96. The standard InChI is InChI=1S/C11H10ClN3O3/c1-2-7-3-10(16)14(6-7)11-9(15(17)18)4-8(12)5-13-11/h2,4-5,7H,1,3,6H2. The molecule has 6 nitrogen and oxygen atoms in total. The minimum Gasteiger partial charge on any atom is -0.290 e. The summed E-state index contributed by atoms with van der Waals surface area (Å²) >= 11 is 5.67. The van der Waals surface area contributed by atoms with Gasteiger partial charge in [0.25, 0.3) is 0 Å². The second-order valence-corrected chi connectivity index (χ2v) is 4.39. The predicted molar refractivity (Wildman–Crippen MR) is 66.6 cm³/mol. The van der Waals surface area contributed by atoms with Crippen LogP contribution in [0, 0.1) is 16.0 Å². The summed E-state index contributed by atoms with van der Waals surface area (Å²) in [6.45, 7) is 3.98. The number of aromatic nitrogens is 1. The van der Waals surface area contributed by atoms with E-state index in [-0.39, 0.29) is 28.4 Å². The van der Waals surface area contributed by atoms with Crippen molar-refractivity contribution in [2.75, 3.05) is 11.4 Å². The van der Waals surface area contributed by atoms with Crippen LogP contribution in [0.5, 0.6) is 0 Å². The molecule has 0 aromatic carbocycles. The highest BCUT2D eigenvalue weighted by Gasteiger charge is 2.34. The van der Waals surface area contributed by atoms with Gasteiger partial charge in [0.1, 0.15) is 0 Å². The second-order valence-electron chi connectivity index (χ2n) is 3.96. The van der Waals surface area contributed by atoms with Crippen molar-refractivity contribution in [3.63, 3.8) is 0 Å². The molecule has 2 heterocycles. The highest BCUT2D eigenvalue weighted by atomic mass is 35.5. The Labute approximate surface area is 108 Å². The van der Waals surface area contributed by atoms with Gasteiger partial charge in [-0.25, -0.2) is 4.98 Å². The smallest absolute Gasteiger partial charge is 0.290 e. The monoisotopic (exact) mass is 267 g/mol. The first-order valence-corrected chi connectivity index (χ1v) is 5.63. The van der Waals surface area contributed by atoms with Crippen LogP contribution in [0.4, 0.5) is 11.5 Å². The van der Waals surface area contributed by atoms with Gasteiger partial charge in [-0.15, -0.1) is 6.58 Å². The van der Waals surface area contributed by atoms with E-state index >= 15 is 0 Å². The van der Waals surface area contributed by atoms with Gasteiger partial charge in [0, 0.05) is 31.1 Å². The van der Waals surface area contributed by atoms with Gasteiger partial charge in [-0.1, -0.05) is 17.7 Å². The van der Waals surface area contributed by atoms with Gasteiger partial charge in [-0.3, -0.25) is 19.8 Å². The Kier molecular flexibility index (Phi) is 3.29. The summed E-state index contributed by atoms with van der Waals surface area (Å²) in [6, 6.07) is 1.19. The van der Waals surface area contributed by atoms with Crippen molar-refractivity contribution in [3.05, 3.63) is 40.1 Å². The molecule has 1 aromatic rings. The highest BCUT2D eigenvalue weighted by Crippen LogP contribution is 2.32. The van der Waals surface area contributed by atoms with Crippen LogP contribution in [0.15, 0.2) is 24.9 Å². The quantitative estimate of drug-likeness (QED) is 0.478. The minimum absolute atomic E-state index is 0.00502. The third-order valence-electron chi connectivity index (χ3n) is 2.75. The maximum Gasteiger partial charge on any atom is 0.313 e. The van der Waals surface area contributed by atoms with Crippen LogP contribution >= 0.6 is 11.6 Å². The summed E-state index contributed by atoms with van der Waals surface area (Å²) in [6.07, 6.45) is 3.25. The fourth-order valence-electron chi connectivity index (χ4n) is 1.86. The molecule has 1 unspecified atom stereocenters. The summed E-state index contributed by atoms with van der Waals surface area (Å²) in [4.78, 5) is 27.3. The summed E-state index contributed by atoms with van der Waals surface area (Å²) in [5, 5.41) is 11.1. The van der Waals surface area contributed by atoms with Crippen LogP contribution < -0.4 is 4.90 Å². The van der Waals surface area contributed by atoms with Crippen LogP contribution in [-0.4, -0.2) is 22.4 Å². The molecule has 0 aliphatic carbocycles. The lowest BCUT2D eigenvalue weighted by Gasteiger charge is -2.14. The molecular formula is C11H10ClN3O3. The highest BCUT2D eigenvalue weighted by molar-refractivity contribution is 6.30. The molecule has 0 N–H and O–H groups in total. The number of pyridine rings is 1. The van der Waals surface area contributed by atoms with E-state index in [9.17, 15) is 14.9 Å². The molecule has 1 atom stereocenters. The summed E-state index contributed by atoms with van der Waals surface area (Å²) < 4.78 is 0. The van der Waals surface area contributed by atoms with Gasteiger partial charge in [0.05, 0.1) is 9.95 Å². The van der Waals surface area contributed by atoms with Crippen LogP contribution in [0.2, 0.25) is 5.02 Å². The summed E-state index contributed by atoms with van der Waals surface area (Å²) in [5.41, 5.74) is -0.263. The SMILES string of the molecule is C=CC1CC(=O)N(c2ncc(Cl)cc2[N+](=O)[O-])C1. The average Bonchev–Trinajstić information content (AvgIpc) is 2.70. The number of carbonyl (C=O) groups is 1. The normalized spacial score (nSPS) is 19.1. The van der Waals surface area contributed by atoms with E-state index in [2.05, 4.69) is 11.6 Å². The van der Waals surface area contributed by atoms with E-state index in [4.69, 9.17) is 11.6 Å². The van der Waals surface area contributed by atoms with Crippen molar-refractivity contribution in [1.29, 1.82) is 0 Å². The molecule has 1 aromatic heterocycles. The minimum atomic E-state index is -0.595. The van der Waals surface area contributed by atoms with Gasteiger partial charge in [-0.2, -0.15) is 0 Å². The van der Waals surface area contributed by atoms with Crippen molar-refractivity contribution >= 4 is 29.0 Å². The summed E-state index contributed by atoms with van der Waals surface area (Å²) in [5.74, 6) is -0.161. The largest absolute Gasteiger partial charge is 0.313 e. The van der Waals surface area contributed by atoms with Crippen molar-refractivity contribution in [1.82, 2.24) is 4.98 Å². The molecule has 0 radical (unpaired) electrons. The lowest BCUT2D eigenvalue weighted by Crippen LogP contribution is -2.26. The number of nitro groups is 1. The number of anilines is 1. The van der Waals surface area contributed by atoms with Crippen LogP contribution in [0.3, 0.4) is 0 Å².